The van der Waals surface area contributed by atoms with E-state index in [1.807, 2.05) is 0 Å². The molecule has 0 aliphatic rings. The number of hydrogen-bond acceptors (Lipinski definition) is 5. The number of nitrogens with one attached hydrogen (secondary N) is 2. The van der Waals surface area contributed by atoms with Gasteiger partial charge in [0.2, 0.25) is 5.91 Å². The fraction of sp³-hybridized carbons (Fsp3) is 0.444. The van der Waals surface area contributed by atoms with Crippen molar-refractivity contribution in [3.63, 3.8) is 0 Å². The fourth-order valence-corrected chi connectivity index (χ4v) is 2.65. The predicted molar refractivity (Wildman–Crippen MR) is 64.0 cm³/mol. The Morgan fingerprint density at radius 1 is 1.47 bits per heavy atom. The molecule has 0 radical (unpaired) electrons. The van der Waals surface area contributed by atoms with Gasteiger partial charge < -0.3 is 10.0 Å². The number of aromatic carboxylic acids is 1. The van der Waals surface area contributed by atoms with Crippen LogP contribution in [0.5, 0.6) is 0 Å². The first-order valence-electron chi connectivity index (χ1n) is 5.17. The van der Waals surface area contributed by atoms with Crippen molar-refractivity contribution in [1.29, 1.82) is 0 Å². The normalized spacial score (nSPS) is 13.0. The average Bonchev–Trinajstić information content (AvgIpc) is 2.76. The zero-order chi connectivity index (χ0) is 14.8. The molecular weight excluding hydrogens is 276 g/mol. The lowest BCUT2D eigenvalue weighted by Crippen LogP contribution is -2.44. The molecule has 106 valence electrons. The van der Waals surface area contributed by atoms with Gasteiger partial charge in [-0.25, -0.2) is 13.2 Å². The van der Waals surface area contributed by atoms with Gasteiger partial charge in [0, 0.05) is 14.1 Å². The Morgan fingerprint density at radius 3 is 2.53 bits per heavy atom. The first-order valence-corrected chi connectivity index (χ1v) is 6.65. The van der Waals surface area contributed by atoms with Crippen LogP contribution in [0.15, 0.2) is 11.2 Å². The van der Waals surface area contributed by atoms with Crippen molar-refractivity contribution in [2.24, 2.45) is 0 Å². The maximum absolute atomic E-state index is 11.9. The van der Waals surface area contributed by atoms with E-state index in [0.717, 1.165) is 6.20 Å². The molecule has 9 nitrogen and oxygen atoms in total. The van der Waals surface area contributed by atoms with E-state index in [4.69, 9.17) is 5.11 Å². The van der Waals surface area contributed by atoms with Gasteiger partial charge in [-0.15, -0.1) is 0 Å². The Labute approximate surface area is 109 Å². The molecule has 1 rings (SSSR count). The Bertz CT molecular complexity index is 592. The molecule has 0 aliphatic carbocycles. The second-order valence-electron chi connectivity index (χ2n) is 3.99. The molecule has 1 amide bonds. The molecular formula is C9H14N4O5S. The highest BCUT2D eigenvalue weighted by Gasteiger charge is 2.28. The van der Waals surface area contributed by atoms with Crippen molar-refractivity contribution in [1.82, 2.24) is 19.8 Å². The number of aromatic nitrogens is 2. The van der Waals surface area contributed by atoms with E-state index < -0.39 is 38.5 Å². The van der Waals surface area contributed by atoms with Crippen molar-refractivity contribution in [2.75, 3.05) is 14.1 Å². The largest absolute Gasteiger partial charge is 0.478 e. The maximum atomic E-state index is 11.9. The summed E-state index contributed by atoms with van der Waals surface area (Å²) in [6, 6.07) is -1.02. The summed E-state index contributed by atoms with van der Waals surface area (Å²) in [6.45, 7) is 1.36. The minimum absolute atomic E-state index is 0.458. The van der Waals surface area contributed by atoms with Crippen LogP contribution in [0.4, 0.5) is 0 Å². The third-order valence-corrected chi connectivity index (χ3v) is 3.76. The highest BCUT2D eigenvalue weighted by atomic mass is 32.2. The summed E-state index contributed by atoms with van der Waals surface area (Å²) >= 11 is 0. The molecule has 1 aromatic rings. The number of rotatable bonds is 5. The van der Waals surface area contributed by atoms with E-state index in [9.17, 15) is 18.0 Å². The Balaban J connectivity index is 3.03. The lowest BCUT2D eigenvalue weighted by atomic mass is 10.3. The zero-order valence-corrected chi connectivity index (χ0v) is 11.4. The molecule has 0 bridgehead atoms. The van der Waals surface area contributed by atoms with Gasteiger partial charge in [0.1, 0.15) is 5.56 Å². The van der Waals surface area contributed by atoms with Crippen LogP contribution in [0.1, 0.15) is 17.3 Å². The molecule has 1 unspecified atom stereocenters. The SMILES string of the molecule is CC(NS(=O)(=O)c1[nH]ncc1C(=O)O)C(=O)N(C)C. The highest BCUT2D eigenvalue weighted by Crippen LogP contribution is 2.12. The minimum atomic E-state index is -4.17. The summed E-state index contributed by atoms with van der Waals surface area (Å²) in [4.78, 5) is 23.6. The van der Waals surface area contributed by atoms with E-state index in [1.165, 1.54) is 25.9 Å². The van der Waals surface area contributed by atoms with Crippen LogP contribution in [-0.2, 0) is 14.8 Å². The van der Waals surface area contributed by atoms with E-state index in [-0.39, 0.29) is 0 Å². The lowest BCUT2D eigenvalue weighted by Gasteiger charge is -2.17. The highest BCUT2D eigenvalue weighted by molar-refractivity contribution is 7.89. The number of H-pyrrole nitrogens is 1. The summed E-state index contributed by atoms with van der Waals surface area (Å²) in [7, 11) is -1.21. The Kier molecular flexibility index (Phi) is 4.27. The maximum Gasteiger partial charge on any atom is 0.340 e. The van der Waals surface area contributed by atoms with E-state index in [2.05, 4.69) is 14.9 Å². The molecule has 1 aromatic heterocycles. The molecule has 0 spiro atoms. The quantitative estimate of drug-likeness (QED) is 0.628. The number of carboxylic acids is 1. The third kappa shape index (κ3) is 3.29. The second-order valence-corrected chi connectivity index (χ2v) is 5.64. The monoisotopic (exact) mass is 290 g/mol. The van der Waals surface area contributed by atoms with Crippen LogP contribution in [0.3, 0.4) is 0 Å². The van der Waals surface area contributed by atoms with Crippen LogP contribution in [0, 0.1) is 0 Å². The molecule has 0 saturated carbocycles. The number of hydrogen-bond donors (Lipinski definition) is 3. The number of carbonyl (C=O) groups excluding carboxylic acids is 1. The number of sulfonamides is 1. The lowest BCUT2D eigenvalue weighted by molar-refractivity contribution is -0.130. The zero-order valence-electron chi connectivity index (χ0n) is 10.5. The molecule has 0 aromatic carbocycles. The molecule has 1 atom stereocenters. The minimum Gasteiger partial charge on any atom is -0.478 e. The number of aromatic amines is 1. The van der Waals surface area contributed by atoms with Crippen molar-refractivity contribution in [3.05, 3.63) is 11.8 Å². The Hall–Kier alpha value is -1.94. The fourth-order valence-electron chi connectivity index (χ4n) is 1.36. The van der Waals surface area contributed by atoms with E-state index in [1.54, 1.807) is 0 Å². The number of carboxylic acid groups (broad SMARTS) is 1. The van der Waals surface area contributed by atoms with Crippen molar-refractivity contribution >= 4 is 21.9 Å². The van der Waals surface area contributed by atoms with Gasteiger partial charge in [0.25, 0.3) is 10.0 Å². The smallest absolute Gasteiger partial charge is 0.340 e. The van der Waals surface area contributed by atoms with E-state index >= 15 is 0 Å². The van der Waals surface area contributed by atoms with Gasteiger partial charge in [0.15, 0.2) is 5.03 Å². The van der Waals surface area contributed by atoms with Crippen molar-refractivity contribution in [2.45, 2.75) is 18.0 Å². The number of likely N-dealkylation sites (N-methyl/N-ethyl adjacent to an activating group) is 1. The van der Waals surface area contributed by atoms with Gasteiger partial charge in [-0.1, -0.05) is 0 Å². The van der Waals surface area contributed by atoms with Crippen LogP contribution in [-0.4, -0.2) is 60.6 Å². The second kappa shape index (κ2) is 5.36. The number of amides is 1. The van der Waals surface area contributed by atoms with Crippen molar-refractivity contribution < 1.29 is 23.1 Å². The standard InChI is InChI=1S/C9H14N4O5S/c1-5(8(14)13(2)3)12-19(17,18)7-6(9(15)16)4-10-11-7/h4-5,12H,1-3H3,(H,10,11)(H,15,16). The molecule has 1 heterocycles. The summed E-state index contributed by atoms with van der Waals surface area (Å²) in [5.74, 6) is -1.89. The Morgan fingerprint density at radius 2 is 2.05 bits per heavy atom. The van der Waals surface area contributed by atoms with Gasteiger partial charge in [-0.05, 0) is 6.92 Å². The third-order valence-electron chi connectivity index (χ3n) is 2.25. The molecule has 0 saturated heterocycles. The molecule has 0 aliphatic heterocycles. The molecule has 19 heavy (non-hydrogen) atoms. The van der Waals surface area contributed by atoms with Crippen molar-refractivity contribution in [3.8, 4) is 0 Å². The summed E-state index contributed by atoms with van der Waals surface area (Å²) in [5, 5.41) is 13.7. The van der Waals surface area contributed by atoms with Gasteiger partial charge in [0.05, 0.1) is 12.2 Å². The molecule has 0 fully saturated rings. The summed E-state index contributed by atoms with van der Waals surface area (Å²) < 4.78 is 26.0. The first-order chi connectivity index (χ1) is 8.66. The van der Waals surface area contributed by atoms with Gasteiger partial charge in [-0.3, -0.25) is 9.89 Å². The van der Waals surface area contributed by atoms with Gasteiger partial charge in [-0.2, -0.15) is 9.82 Å². The number of nitrogens with zero attached hydrogens (tertiary/aromatic N) is 2. The molecule has 3 N–H and O–H groups in total. The van der Waals surface area contributed by atoms with Crippen LogP contribution in [0.2, 0.25) is 0 Å². The average molecular weight is 290 g/mol. The predicted octanol–water partition coefficient (Wildman–Crippen LogP) is -1.14. The van der Waals surface area contributed by atoms with E-state index in [0.29, 0.717) is 0 Å². The van der Waals surface area contributed by atoms with Gasteiger partial charge >= 0.3 is 5.97 Å². The summed E-state index contributed by atoms with van der Waals surface area (Å²) in [5.41, 5.74) is -0.489. The topological polar surface area (TPSA) is 132 Å². The first kappa shape index (κ1) is 15.1. The van der Waals surface area contributed by atoms with Crippen LogP contribution < -0.4 is 4.72 Å². The van der Waals surface area contributed by atoms with Crippen LogP contribution >= 0.6 is 0 Å². The molecule has 10 heteroatoms. The summed E-state index contributed by atoms with van der Waals surface area (Å²) in [6.07, 6.45) is 0.884. The number of carbonyl (C=O) groups is 2. The van der Waals surface area contributed by atoms with Crippen LogP contribution in [0.25, 0.3) is 0 Å².